The first kappa shape index (κ1) is 23.1. The number of imide groups is 1. The predicted octanol–water partition coefficient (Wildman–Crippen LogP) is -4.50. The third-order valence-corrected chi connectivity index (χ3v) is 4.05. The van der Waals surface area contributed by atoms with Gasteiger partial charge in [-0.25, -0.2) is 4.79 Å². The summed E-state index contributed by atoms with van der Waals surface area (Å²) >= 11 is 0. The molecule has 0 aromatic rings. The molecule has 29 heavy (non-hydrogen) atoms. The van der Waals surface area contributed by atoms with Crippen LogP contribution in [0.5, 0.6) is 0 Å². The van der Waals surface area contributed by atoms with Gasteiger partial charge in [0.05, 0.1) is 6.61 Å². The standard InChI is InChI=1S/C15H22N2O12/c18-3-7-13(23)14(24)12(15(25)28-7)16-8(19)4-26-6-27-5-11(22)29-17-9(20)1-2-10(17)21/h7,12-15,18,23-25H,1-6H2,(H,16,19). The summed E-state index contributed by atoms with van der Waals surface area (Å²) in [5.41, 5.74) is 0. The fourth-order valence-corrected chi connectivity index (χ4v) is 2.58. The largest absolute Gasteiger partial charge is 0.394 e. The van der Waals surface area contributed by atoms with Gasteiger partial charge < -0.3 is 44.8 Å². The third-order valence-electron chi connectivity index (χ3n) is 4.05. The van der Waals surface area contributed by atoms with Crippen molar-refractivity contribution in [2.45, 2.75) is 43.5 Å². The van der Waals surface area contributed by atoms with Crippen LogP contribution in [0, 0.1) is 0 Å². The van der Waals surface area contributed by atoms with E-state index in [1.54, 1.807) is 0 Å². The number of hydrogen-bond donors (Lipinski definition) is 5. The summed E-state index contributed by atoms with van der Waals surface area (Å²) in [4.78, 5) is 50.4. The van der Waals surface area contributed by atoms with Gasteiger partial charge in [0.15, 0.2) is 6.29 Å². The molecule has 2 saturated heterocycles. The van der Waals surface area contributed by atoms with Crippen LogP contribution in [0.15, 0.2) is 0 Å². The van der Waals surface area contributed by atoms with Crippen molar-refractivity contribution in [1.82, 2.24) is 10.4 Å². The van der Waals surface area contributed by atoms with E-state index in [9.17, 15) is 34.5 Å². The van der Waals surface area contributed by atoms with E-state index in [-0.39, 0.29) is 12.8 Å². The highest BCUT2D eigenvalue weighted by atomic mass is 16.7. The second-order valence-corrected chi connectivity index (χ2v) is 6.18. The number of carbonyl (C=O) groups excluding carboxylic acids is 4. The first-order valence-corrected chi connectivity index (χ1v) is 8.56. The van der Waals surface area contributed by atoms with Gasteiger partial charge in [-0.3, -0.25) is 14.4 Å². The van der Waals surface area contributed by atoms with E-state index in [2.05, 4.69) is 10.2 Å². The van der Waals surface area contributed by atoms with Crippen molar-refractivity contribution < 1.29 is 58.7 Å². The van der Waals surface area contributed by atoms with Gasteiger partial charge in [-0.15, -0.1) is 5.06 Å². The molecule has 0 aromatic carbocycles. The average Bonchev–Trinajstić information content (AvgIpc) is 2.99. The van der Waals surface area contributed by atoms with Gasteiger partial charge in [-0.05, 0) is 0 Å². The lowest BCUT2D eigenvalue weighted by Gasteiger charge is -2.40. The number of amides is 3. The van der Waals surface area contributed by atoms with Crippen molar-refractivity contribution in [2.75, 3.05) is 26.6 Å². The lowest BCUT2D eigenvalue weighted by Crippen LogP contribution is -2.64. The van der Waals surface area contributed by atoms with Crippen molar-refractivity contribution in [3.63, 3.8) is 0 Å². The minimum atomic E-state index is -1.67. The van der Waals surface area contributed by atoms with Gasteiger partial charge in [0, 0.05) is 12.8 Å². The van der Waals surface area contributed by atoms with Gasteiger partial charge in [0.1, 0.15) is 44.4 Å². The molecule has 0 radical (unpaired) electrons. The van der Waals surface area contributed by atoms with Gasteiger partial charge in [-0.2, -0.15) is 0 Å². The molecule has 2 aliphatic rings. The minimum Gasteiger partial charge on any atom is -0.394 e. The Labute approximate surface area is 163 Å². The summed E-state index contributed by atoms with van der Waals surface area (Å²) < 4.78 is 14.5. The fourth-order valence-electron chi connectivity index (χ4n) is 2.58. The minimum absolute atomic E-state index is 0.0433. The second kappa shape index (κ2) is 10.5. The lowest BCUT2D eigenvalue weighted by atomic mass is 9.97. The Balaban J connectivity index is 1.63. The molecule has 2 fully saturated rings. The van der Waals surface area contributed by atoms with Crippen LogP contribution in [0.1, 0.15) is 12.8 Å². The molecule has 0 aliphatic carbocycles. The van der Waals surface area contributed by atoms with E-state index in [4.69, 9.17) is 19.3 Å². The highest BCUT2D eigenvalue weighted by Gasteiger charge is 2.44. The normalized spacial score (nSPS) is 29.8. The molecule has 0 aromatic heterocycles. The SMILES string of the molecule is O=C(COCOCC(=O)ON1C(=O)CCC1=O)NC1C(O)OC(CO)C(O)C1O. The number of aliphatic hydroxyl groups excluding tert-OH is 4. The van der Waals surface area contributed by atoms with Crippen LogP contribution in [0.2, 0.25) is 0 Å². The molecule has 5 unspecified atom stereocenters. The van der Waals surface area contributed by atoms with E-state index >= 15 is 0 Å². The van der Waals surface area contributed by atoms with Gasteiger partial charge in [0.2, 0.25) is 5.91 Å². The Morgan fingerprint density at radius 1 is 1.07 bits per heavy atom. The van der Waals surface area contributed by atoms with Crippen LogP contribution in [0.3, 0.4) is 0 Å². The van der Waals surface area contributed by atoms with Gasteiger partial charge in [0.25, 0.3) is 11.8 Å². The Morgan fingerprint density at radius 3 is 2.31 bits per heavy atom. The van der Waals surface area contributed by atoms with Gasteiger partial charge >= 0.3 is 5.97 Å². The molecule has 2 aliphatic heterocycles. The summed E-state index contributed by atoms with van der Waals surface area (Å²) in [7, 11) is 0. The zero-order chi connectivity index (χ0) is 21.6. The smallest absolute Gasteiger partial charge is 0.358 e. The number of hydrogen-bond acceptors (Lipinski definition) is 12. The van der Waals surface area contributed by atoms with Crippen LogP contribution in [-0.2, 0) is 38.2 Å². The number of rotatable bonds is 9. The quantitative estimate of drug-likeness (QED) is 0.136. The fraction of sp³-hybridized carbons (Fsp3) is 0.733. The van der Waals surface area contributed by atoms with Crippen molar-refractivity contribution in [3.05, 3.63) is 0 Å². The molecule has 164 valence electrons. The topological polar surface area (TPSA) is 201 Å². The molecule has 5 N–H and O–H groups in total. The number of aliphatic hydroxyl groups is 4. The van der Waals surface area contributed by atoms with Crippen molar-refractivity contribution in [2.24, 2.45) is 0 Å². The summed E-state index contributed by atoms with van der Waals surface area (Å²) in [6.45, 7) is -2.40. The molecular weight excluding hydrogens is 400 g/mol. The average molecular weight is 422 g/mol. The molecular formula is C15H22N2O12. The Bertz CT molecular complexity index is 612. The van der Waals surface area contributed by atoms with Crippen molar-refractivity contribution >= 4 is 23.7 Å². The zero-order valence-electron chi connectivity index (χ0n) is 15.1. The lowest BCUT2D eigenvalue weighted by molar-refractivity contribution is -0.254. The van der Waals surface area contributed by atoms with E-state index in [0.29, 0.717) is 5.06 Å². The highest BCUT2D eigenvalue weighted by Crippen LogP contribution is 2.19. The predicted molar refractivity (Wildman–Crippen MR) is 85.9 cm³/mol. The molecule has 5 atom stereocenters. The van der Waals surface area contributed by atoms with E-state index in [1.165, 1.54) is 0 Å². The van der Waals surface area contributed by atoms with Gasteiger partial charge in [-0.1, -0.05) is 0 Å². The van der Waals surface area contributed by atoms with Crippen LogP contribution >= 0.6 is 0 Å². The van der Waals surface area contributed by atoms with Crippen LogP contribution in [0.4, 0.5) is 0 Å². The van der Waals surface area contributed by atoms with Crippen LogP contribution in [-0.4, -0.2) is 106 Å². The maximum Gasteiger partial charge on any atom is 0.358 e. The summed E-state index contributed by atoms with van der Waals surface area (Å²) in [5, 5.41) is 40.9. The van der Waals surface area contributed by atoms with Crippen molar-refractivity contribution in [1.29, 1.82) is 0 Å². The number of nitrogens with zero attached hydrogens (tertiary/aromatic N) is 1. The monoisotopic (exact) mass is 422 g/mol. The third kappa shape index (κ3) is 6.14. The first-order chi connectivity index (χ1) is 13.7. The highest BCUT2D eigenvalue weighted by molar-refractivity contribution is 6.01. The van der Waals surface area contributed by atoms with E-state index in [1.807, 2.05) is 0 Å². The van der Waals surface area contributed by atoms with Crippen LogP contribution < -0.4 is 5.32 Å². The number of carbonyl (C=O) groups is 4. The molecule has 14 nitrogen and oxygen atoms in total. The number of ether oxygens (including phenoxy) is 3. The molecule has 2 rings (SSSR count). The molecule has 0 spiro atoms. The first-order valence-electron chi connectivity index (χ1n) is 8.56. The second-order valence-electron chi connectivity index (χ2n) is 6.18. The number of hydroxylamine groups is 2. The summed E-state index contributed by atoms with van der Waals surface area (Å²) in [6.07, 6.45) is -6.09. The maximum absolute atomic E-state index is 11.8. The Morgan fingerprint density at radius 2 is 1.69 bits per heavy atom. The van der Waals surface area contributed by atoms with E-state index < -0.39 is 80.9 Å². The van der Waals surface area contributed by atoms with Crippen LogP contribution in [0.25, 0.3) is 0 Å². The zero-order valence-corrected chi connectivity index (χ0v) is 15.1. The van der Waals surface area contributed by atoms with E-state index in [0.717, 1.165) is 0 Å². The number of nitrogens with one attached hydrogen (secondary N) is 1. The maximum atomic E-state index is 11.8. The molecule has 14 heteroatoms. The molecule has 3 amide bonds. The summed E-state index contributed by atoms with van der Waals surface area (Å²) in [5.74, 6) is -3.09. The molecule has 0 saturated carbocycles. The Kier molecular flexibility index (Phi) is 8.39. The van der Waals surface area contributed by atoms with Crippen molar-refractivity contribution in [3.8, 4) is 0 Å². The molecule has 2 heterocycles. The Hall–Kier alpha value is -2.20. The molecule has 0 bridgehead atoms. The summed E-state index contributed by atoms with van der Waals surface area (Å²) in [6, 6.07) is -1.37.